The standard InChI is InChI=1S/C13H19NO2Si/c1-4-10-17(16,14-13(15)5-2)12-9-7-6-8-11(12)3/h5-9,16H,2,4,10H2,1,3H3,(H,14,15). The van der Waals surface area contributed by atoms with Gasteiger partial charge in [0.05, 0.1) is 0 Å². The molecule has 0 radical (unpaired) electrons. The van der Waals surface area contributed by atoms with E-state index in [1.807, 2.05) is 38.1 Å². The van der Waals surface area contributed by atoms with Gasteiger partial charge in [-0.3, -0.25) is 4.79 Å². The Bertz CT molecular complexity index is 420. The predicted octanol–water partition coefficient (Wildman–Crippen LogP) is 1.35. The number of carbonyl (C=O) groups is 1. The maximum absolute atomic E-state index is 11.4. The van der Waals surface area contributed by atoms with Crippen molar-refractivity contribution in [3.8, 4) is 0 Å². The molecule has 0 spiro atoms. The van der Waals surface area contributed by atoms with Crippen LogP contribution in [0, 0.1) is 6.92 Å². The number of benzene rings is 1. The second-order valence-electron chi connectivity index (χ2n) is 4.12. The van der Waals surface area contributed by atoms with Gasteiger partial charge in [0.1, 0.15) is 0 Å². The van der Waals surface area contributed by atoms with E-state index in [2.05, 4.69) is 11.6 Å². The van der Waals surface area contributed by atoms with Crippen molar-refractivity contribution >= 4 is 19.6 Å². The van der Waals surface area contributed by atoms with Crippen LogP contribution in [0.2, 0.25) is 6.04 Å². The summed E-state index contributed by atoms with van der Waals surface area (Å²) in [7, 11) is -2.92. The van der Waals surface area contributed by atoms with Crippen molar-refractivity contribution in [2.24, 2.45) is 0 Å². The summed E-state index contributed by atoms with van der Waals surface area (Å²) in [5.74, 6) is -0.309. The van der Waals surface area contributed by atoms with E-state index < -0.39 is 8.48 Å². The van der Waals surface area contributed by atoms with Crippen LogP contribution in [-0.4, -0.2) is 19.2 Å². The van der Waals surface area contributed by atoms with Crippen molar-refractivity contribution in [3.63, 3.8) is 0 Å². The summed E-state index contributed by atoms with van der Waals surface area (Å²) in [6.45, 7) is 7.36. The lowest BCUT2D eigenvalue weighted by atomic mass is 10.2. The third-order valence-electron chi connectivity index (χ3n) is 2.72. The molecule has 0 aliphatic heterocycles. The van der Waals surface area contributed by atoms with Crippen LogP contribution >= 0.6 is 0 Å². The van der Waals surface area contributed by atoms with Crippen molar-refractivity contribution in [2.45, 2.75) is 26.3 Å². The monoisotopic (exact) mass is 249 g/mol. The fourth-order valence-corrected chi connectivity index (χ4v) is 4.79. The predicted molar refractivity (Wildman–Crippen MR) is 72.2 cm³/mol. The molecule has 0 fully saturated rings. The van der Waals surface area contributed by atoms with Crippen LogP contribution in [0.5, 0.6) is 0 Å². The van der Waals surface area contributed by atoms with Crippen LogP contribution < -0.4 is 10.2 Å². The number of carbonyl (C=O) groups excluding carboxylic acids is 1. The van der Waals surface area contributed by atoms with Crippen LogP contribution in [0.3, 0.4) is 0 Å². The van der Waals surface area contributed by atoms with E-state index in [1.165, 1.54) is 6.08 Å². The minimum atomic E-state index is -2.92. The number of nitrogens with one attached hydrogen (secondary N) is 1. The van der Waals surface area contributed by atoms with E-state index in [9.17, 15) is 9.59 Å². The molecular weight excluding hydrogens is 230 g/mol. The van der Waals surface area contributed by atoms with Gasteiger partial charge in [-0.1, -0.05) is 44.2 Å². The molecule has 0 bridgehead atoms. The average molecular weight is 249 g/mol. The number of hydrogen-bond donors (Lipinski definition) is 2. The van der Waals surface area contributed by atoms with Crippen molar-refractivity contribution < 1.29 is 9.59 Å². The first-order chi connectivity index (χ1) is 8.03. The molecule has 1 aromatic carbocycles. The van der Waals surface area contributed by atoms with E-state index in [0.717, 1.165) is 17.2 Å². The topological polar surface area (TPSA) is 49.3 Å². The highest BCUT2D eigenvalue weighted by Gasteiger charge is 2.35. The average Bonchev–Trinajstić information content (AvgIpc) is 2.29. The van der Waals surface area contributed by atoms with E-state index in [0.29, 0.717) is 6.04 Å². The molecule has 0 saturated heterocycles. The van der Waals surface area contributed by atoms with Gasteiger partial charge >= 0.3 is 8.48 Å². The molecule has 1 atom stereocenters. The lowest BCUT2D eigenvalue weighted by Crippen LogP contribution is -2.63. The highest BCUT2D eigenvalue weighted by atomic mass is 28.4. The first-order valence-electron chi connectivity index (χ1n) is 5.76. The van der Waals surface area contributed by atoms with E-state index in [-0.39, 0.29) is 5.91 Å². The third-order valence-corrected chi connectivity index (χ3v) is 6.05. The lowest BCUT2D eigenvalue weighted by Gasteiger charge is -2.26. The molecule has 3 nitrogen and oxygen atoms in total. The zero-order chi connectivity index (χ0) is 12.9. The van der Waals surface area contributed by atoms with E-state index in [1.54, 1.807) is 0 Å². The molecular formula is C13H19NO2Si. The first-order valence-corrected chi connectivity index (χ1v) is 7.92. The van der Waals surface area contributed by atoms with Gasteiger partial charge < -0.3 is 9.78 Å². The van der Waals surface area contributed by atoms with Gasteiger partial charge in [0, 0.05) is 0 Å². The fourth-order valence-electron chi connectivity index (χ4n) is 1.92. The van der Waals surface area contributed by atoms with E-state index >= 15 is 0 Å². The molecule has 1 unspecified atom stereocenters. The zero-order valence-corrected chi connectivity index (χ0v) is 11.4. The number of hydrogen-bond acceptors (Lipinski definition) is 2. The van der Waals surface area contributed by atoms with Gasteiger partial charge in [0.25, 0.3) is 0 Å². The molecule has 0 heterocycles. The van der Waals surface area contributed by atoms with Crippen LogP contribution in [0.1, 0.15) is 18.9 Å². The smallest absolute Gasteiger partial charge is 0.332 e. The lowest BCUT2D eigenvalue weighted by molar-refractivity contribution is -0.115. The number of amides is 1. The molecule has 4 heteroatoms. The van der Waals surface area contributed by atoms with Gasteiger partial charge in [-0.05, 0) is 29.8 Å². The van der Waals surface area contributed by atoms with Crippen molar-refractivity contribution in [1.29, 1.82) is 0 Å². The van der Waals surface area contributed by atoms with Gasteiger partial charge in [0.15, 0.2) is 0 Å². The van der Waals surface area contributed by atoms with Gasteiger partial charge in [-0.25, -0.2) is 0 Å². The molecule has 1 aromatic rings. The Kier molecular flexibility index (Phi) is 4.66. The van der Waals surface area contributed by atoms with Gasteiger partial charge in [0.2, 0.25) is 5.91 Å². The SMILES string of the molecule is C=CC(=O)N[Si](O)(CCC)c1ccccc1C. The van der Waals surface area contributed by atoms with Crippen LogP contribution in [0.25, 0.3) is 0 Å². The summed E-state index contributed by atoms with van der Waals surface area (Å²) in [5.41, 5.74) is 1.01. The largest absolute Gasteiger partial charge is 0.412 e. The molecule has 2 N–H and O–H groups in total. The summed E-state index contributed by atoms with van der Waals surface area (Å²) in [6.07, 6.45) is 2.03. The minimum Gasteiger partial charge on any atom is -0.412 e. The Hall–Kier alpha value is -1.39. The summed E-state index contributed by atoms with van der Waals surface area (Å²) in [6, 6.07) is 8.26. The molecule has 0 aromatic heterocycles. The van der Waals surface area contributed by atoms with Gasteiger partial charge in [-0.15, -0.1) is 0 Å². The van der Waals surface area contributed by atoms with Gasteiger partial charge in [-0.2, -0.15) is 0 Å². The zero-order valence-electron chi connectivity index (χ0n) is 10.4. The Balaban J connectivity index is 3.11. The van der Waals surface area contributed by atoms with Crippen LogP contribution in [-0.2, 0) is 4.79 Å². The van der Waals surface area contributed by atoms with Crippen molar-refractivity contribution in [1.82, 2.24) is 4.98 Å². The molecule has 0 aliphatic rings. The third kappa shape index (κ3) is 3.28. The second-order valence-corrected chi connectivity index (χ2v) is 7.13. The summed E-state index contributed by atoms with van der Waals surface area (Å²) in [5, 5.41) is 0.872. The maximum Gasteiger partial charge on any atom is 0.332 e. The van der Waals surface area contributed by atoms with Crippen molar-refractivity contribution in [3.05, 3.63) is 42.5 Å². The minimum absolute atomic E-state index is 0.309. The normalized spacial score (nSPS) is 13.8. The summed E-state index contributed by atoms with van der Waals surface area (Å²) < 4.78 is 0. The number of aryl methyl sites for hydroxylation is 1. The Morgan fingerprint density at radius 3 is 2.71 bits per heavy atom. The molecule has 1 rings (SSSR count). The van der Waals surface area contributed by atoms with Crippen molar-refractivity contribution in [2.75, 3.05) is 0 Å². The maximum atomic E-state index is 11.4. The highest BCUT2D eigenvalue weighted by Crippen LogP contribution is 2.09. The molecule has 92 valence electrons. The number of rotatable bonds is 5. The van der Waals surface area contributed by atoms with Crippen LogP contribution in [0.4, 0.5) is 0 Å². The molecule has 17 heavy (non-hydrogen) atoms. The Morgan fingerprint density at radius 2 is 2.18 bits per heavy atom. The fraction of sp³-hybridized carbons (Fsp3) is 0.308. The summed E-state index contributed by atoms with van der Waals surface area (Å²) in [4.78, 5) is 24.9. The molecule has 0 saturated carbocycles. The Morgan fingerprint density at radius 1 is 1.53 bits per heavy atom. The van der Waals surface area contributed by atoms with Crippen LogP contribution in [0.15, 0.2) is 36.9 Å². The molecule has 1 amide bonds. The first kappa shape index (κ1) is 13.7. The second kappa shape index (κ2) is 5.79. The van der Waals surface area contributed by atoms with E-state index in [4.69, 9.17) is 0 Å². The highest BCUT2D eigenvalue weighted by molar-refractivity contribution is 6.85. The Labute approximate surface area is 103 Å². The quantitative estimate of drug-likeness (QED) is 0.611. The summed E-state index contributed by atoms with van der Waals surface area (Å²) >= 11 is 0. The molecule has 0 aliphatic carbocycles.